The first-order valence-corrected chi connectivity index (χ1v) is 4.94. The van der Waals surface area contributed by atoms with E-state index >= 15 is 0 Å². The van der Waals surface area contributed by atoms with Gasteiger partial charge in [0, 0.05) is 12.7 Å². The van der Waals surface area contributed by atoms with Gasteiger partial charge in [-0.05, 0) is 33.8 Å². The monoisotopic (exact) mass is 197 g/mol. The maximum atomic E-state index is 5.41. The molecule has 1 heterocycles. The van der Waals surface area contributed by atoms with Crippen molar-refractivity contribution in [3.05, 3.63) is 18.0 Å². The summed E-state index contributed by atoms with van der Waals surface area (Å²) in [5, 5.41) is 4.17. The predicted octanol–water partition coefficient (Wildman–Crippen LogP) is 1.72. The summed E-state index contributed by atoms with van der Waals surface area (Å²) in [5.74, 6) is 0. The maximum absolute atomic E-state index is 5.41. The number of aromatic nitrogens is 2. The summed E-state index contributed by atoms with van der Waals surface area (Å²) >= 11 is 0. The molecule has 0 amide bonds. The second-order valence-corrected chi connectivity index (χ2v) is 4.17. The van der Waals surface area contributed by atoms with Gasteiger partial charge < -0.3 is 0 Å². The molecular weight excluding hydrogens is 178 g/mol. The fourth-order valence-electron chi connectivity index (χ4n) is 1.12. The van der Waals surface area contributed by atoms with E-state index in [0.29, 0.717) is 6.54 Å². The van der Waals surface area contributed by atoms with Crippen LogP contribution in [0.2, 0.25) is 0 Å². The van der Waals surface area contributed by atoms with Crippen LogP contribution in [-0.4, -0.2) is 15.4 Å². The van der Waals surface area contributed by atoms with E-state index < -0.39 is 0 Å². The molecule has 0 saturated carbocycles. The molecule has 1 aromatic heterocycles. The standard InChI is InChI=1S/C10H19N3O/c1-5-13-9(6-7-11-13)8-12-14-10(2,3)4/h6-7,12H,5,8H2,1-4H3. The van der Waals surface area contributed by atoms with Crippen molar-refractivity contribution in [1.29, 1.82) is 0 Å². The Bertz CT molecular complexity index is 275. The van der Waals surface area contributed by atoms with Crippen molar-refractivity contribution < 1.29 is 4.84 Å². The van der Waals surface area contributed by atoms with E-state index in [9.17, 15) is 0 Å². The van der Waals surface area contributed by atoms with Gasteiger partial charge in [-0.3, -0.25) is 9.52 Å². The molecule has 80 valence electrons. The Labute approximate surface area is 85.2 Å². The lowest BCUT2D eigenvalue weighted by molar-refractivity contribution is -0.0765. The molecule has 0 saturated heterocycles. The van der Waals surface area contributed by atoms with Gasteiger partial charge in [-0.2, -0.15) is 10.6 Å². The maximum Gasteiger partial charge on any atom is 0.0813 e. The van der Waals surface area contributed by atoms with E-state index in [2.05, 4.69) is 17.5 Å². The van der Waals surface area contributed by atoms with E-state index in [0.717, 1.165) is 12.2 Å². The van der Waals surface area contributed by atoms with Gasteiger partial charge in [0.05, 0.1) is 17.8 Å². The van der Waals surface area contributed by atoms with E-state index in [-0.39, 0.29) is 5.60 Å². The number of rotatable bonds is 4. The van der Waals surface area contributed by atoms with Crippen LogP contribution in [0.15, 0.2) is 12.3 Å². The van der Waals surface area contributed by atoms with Crippen molar-refractivity contribution in [3.63, 3.8) is 0 Å². The second-order valence-electron chi connectivity index (χ2n) is 4.17. The molecule has 4 nitrogen and oxygen atoms in total. The van der Waals surface area contributed by atoms with Crippen molar-refractivity contribution in [2.24, 2.45) is 0 Å². The Morgan fingerprint density at radius 1 is 1.50 bits per heavy atom. The van der Waals surface area contributed by atoms with Gasteiger partial charge in [-0.1, -0.05) is 0 Å². The van der Waals surface area contributed by atoms with E-state index in [4.69, 9.17) is 4.84 Å². The smallest absolute Gasteiger partial charge is 0.0813 e. The molecule has 0 radical (unpaired) electrons. The topological polar surface area (TPSA) is 39.1 Å². The Kier molecular flexibility index (Phi) is 3.66. The van der Waals surface area contributed by atoms with Crippen LogP contribution in [0, 0.1) is 0 Å². The summed E-state index contributed by atoms with van der Waals surface area (Å²) in [7, 11) is 0. The molecular formula is C10H19N3O. The van der Waals surface area contributed by atoms with Crippen molar-refractivity contribution in [2.45, 2.75) is 46.4 Å². The first-order chi connectivity index (χ1) is 6.53. The number of hydrogen-bond donors (Lipinski definition) is 1. The fraction of sp³-hybridized carbons (Fsp3) is 0.700. The zero-order chi connectivity index (χ0) is 10.6. The number of nitrogens with one attached hydrogen (secondary N) is 1. The molecule has 0 fully saturated rings. The highest BCUT2D eigenvalue weighted by Gasteiger charge is 2.10. The van der Waals surface area contributed by atoms with Crippen LogP contribution in [-0.2, 0) is 17.9 Å². The van der Waals surface area contributed by atoms with Gasteiger partial charge in [0.2, 0.25) is 0 Å². The third-order valence-corrected chi connectivity index (χ3v) is 1.74. The highest BCUT2D eigenvalue weighted by Crippen LogP contribution is 2.05. The summed E-state index contributed by atoms with van der Waals surface area (Å²) < 4.78 is 1.94. The third kappa shape index (κ3) is 3.47. The van der Waals surface area contributed by atoms with E-state index in [1.807, 2.05) is 31.5 Å². The molecule has 0 bridgehead atoms. The molecule has 0 aliphatic rings. The molecule has 1 N–H and O–H groups in total. The minimum atomic E-state index is -0.156. The summed E-state index contributed by atoms with van der Waals surface area (Å²) in [6, 6.07) is 1.99. The lowest BCUT2D eigenvalue weighted by atomic mass is 10.2. The van der Waals surface area contributed by atoms with Gasteiger partial charge >= 0.3 is 0 Å². The number of aryl methyl sites for hydroxylation is 1. The largest absolute Gasteiger partial charge is 0.296 e. The summed E-state index contributed by atoms with van der Waals surface area (Å²) in [5.41, 5.74) is 3.92. The fourth-order valence-corrected chi connectivity index (χ4v) is 1.12. The normalized spacial score (nSPS) is 12.0. The molecule has 1 aromatic rings. The molecule has 14 heavy (non-hydrogen) atoms. The van der Waals surface area contributed by atoms with E-state index in [1.165, 1.54) is 0 Å². The predicted molar refractivity (Wildman–Crippen MR) is 55.6 cm³/mol. The summed E-state index contributed by atoms with van der Waals surface area (Å²) in [6.07, 6.45) is 1.80. The van der Waals surface area contributed by atoms with E-state index in [1.54, 1.807) is 6.20 Å². The lowest BCUT2D eigenvalue weighted by Crippen LogP contribution is -2.29. The average molecular weight is 197 g/mol. The van der Waals surface area contributed by atoms with Crippen molar-refractivity contribution in [1.82, 2.24) is 15.3 Å². The van der Waals surface area contributed by atoms with Crippen LogP contribution in [0.5, 0.6) is 0 Å². The minimum Gasteiger partial charge on any atom is -0.296 e. The molecule has 0 aliphatic heterocycles. The number of hydrogen-bond acceptors (Lipinski definition) is 3. The van der Waals surface area contributed by atoms with Crippen molar-refractivity contribution in [3.8, 4) is 0 Å². The highest BCUT2D eigenvalue weighted by molar-refractivity contribution is 4.99. The van der Waals surface area contributed by atoms with Crippen LogP contribution in [0.1, 0.15) is 33.4 Å². The molecule has 0 unspecified atom stereocenters. The molecule has 4 heteroatoms. The Morgan fingerprint density at radius 2 is 2.21 bits per heavy atom. The van der Waals surface area contributed by atoms with Crippen LogP contribution in [0.25, 0.3) is 0 Å². The Balaban J connectivity index is 2.38. The third-order valence-electron chi connectivity index (χ3n) is 1.74. The molecule has 0 spiro atoms. The van der Waals surface area contributed by atoms with Crippen molar-refractivity contribution in [2.75, 3.05) is 0 Å². The van der Waals surface area contributed by atoms with Crippen LogP contribution < -0.4 is 5.48 Å². The van der Waals surface area contributed by atoms with Crippen LogP contribution in [0.3, 0.4) is 0 Å². The highest BCUT2D eigenvalue weighted by atomic mass is 16.7. The van der Waals surface area contributed by atoms with Crippen molar-refractivity contribution >= 4 is 0 Å². The first-order valence-electron chi connectivity index (χ1n) is 4.94. The molecule has 0 aromatic carbocycles. The van der Waals surface area contributed by atoms with Gasteiger partial charge in [-0.25, -0.2) is 0 Å². The second kappa shape index (κ2) is 4.57. The van der Waals surface area contributed by atoms with Crippen LogP contribution >= 0.6 is 0 Å². The first kappa shape index (κ1) is 11.2. The molecule has 0 atom stereocenters. The Morgan fingerprint density at radius 3 is 2.79 bits per heavy atom. The summed E-state index contributed by atoms with van der Waals surface area (Å²) in [6.45, 7) is 9.68. The zero-order valence-corrected chi connectivity index (χ0v) is 9.37. The van der Waals surface area contributed by atoms with Gasteiger partial charge in [0.1, 0.15) is 0 Å². The Hall–Kier alpha value is -0.870. The SMILES string of the molecule is CCn1nccc1CNOC(C)(C)C. The van der Waals surface area contributed by atoms with Gasteiger partial charge in [0.15, 0.2) is 0 Å². The van der Waals surface area contributed by atoms with Gasteiger partial charge in [0.25, 0.3) is 0 Å². The van der Waals surface area contributed by atoms with Crippen LogP contribution in [0.4, 0.5) is 0 Å². The average Bonchev–Trinajstić information content (AvgIpc) is 2.49. The lowest BCUT2D eigenvalue weighted by Gasteiger charge is -2.19. The number of hydroxylamine groups is 1. The molecule has 1 rings (SSSR count). The quantitative estimate of drug-likeness (QED) is 0.747. The number of nitrogens with zero attached hydrogens (tertiary/aromatic N) is 2. The van der Waals surface area contributed by atoms with Gasteiger partial charge in [-0.15, -0.1) is 0 Å². The summed E-state index contributed by atoms with van der Waals surface area (Å²) in [4.78, 5) is 5.41. The minimum absolute atomic E-state index is 0.156. The zero-order valence-electron chi connectivity index (χ0n) is 9.37. The molecule has 0 aliphatic carbocycles.